The smallest absolute Gasteiger partial charge is 0.475 e. The maximum atomic E-state index is 12.8. The molecule has 0 spiro atoms. The molecule has 0 saturated carbocycles. The number of rotatable bonds is 3. The Balaban J connectivity index is 3.48. The molecular formula is C9H11BF3NO3. The molecule has 1 heterocycles. The monoisotopic (exact) mass is 256 g/mol. The van der Waals surface area contributed by atoms with Crippen molar-refractivity contribution in [3.63, 3.8) is 0 Å². The van der Waals surface area contributed by atoms with Crippen molar-refractivity contribution >= 4 is 12.6 Å². The highest BCUT2D eigenvalue weighted by Gasteiger charge is 2.34. The molecule has 1 aromatic rings. The molecule has 0 aliphatic carbocycles. The lowest BCUT2D eigenvalue weighted by atomic mass is 9.80. The summed E-state index contributed by atoms with van der Waals surface area (Å²) in [6, 6.07) is 0.758. The van der Waals surface area contributed by atoms with Gasteiger partial charge in [-0.2, -0.15) is 13.2 Å². The minimum Gasteiger partial charge on any atom is -0.475 e. The average molecular weight is 256 g/mol. The third-order valence-corrected chi connectivity index (χ3v) is 1.62. The normalized spacial score (nSPS) is 19.9. The second-order valence-corrected chi connectivity index (χ2v) is 2.93. The number of pyridine rings is 1. The van der Waals surface area contributed by atoms with Crippen LogP contribution in [0.15, 0.2) is 12.1 Å². The van der Waals surface area contributed by atoms with Gasteiger partial charge in [-0.15, -0.1) is 0 Å². The Labute approximate surface area is 106 Å². The van der Waals surface area contributed by atoms with E-state index in [9.17, 15) is 13.2 Å². The standard InChI is InChI=1S/C9H11BF3NO3/c1-5(2)17-8-4-6(10(15)16)3-7(14-8)9(11,12)13/h3-5,15-16H,1-2H3/i1D3,2D3,5D. The molecule has 1 rings (SSSR count). The highest BCUT2D eigenvalue weighted by molar-refractivity contribution is 6.58. The number of aromatic nitrogens is 1. The van der Waals surface area contributed by atoms with Gasteiger partial charge in [0.05, 0.1) is 7.45 Å². The van der Waals surface area contributed by atoms with Crippen molar-refractivity contribution in [2.24, 2.45) is 0 Å². The van der Waals surface area contributed by atoms with Crippen molar-refractivity contribution in [1.29, 1.82) is 0 Å². The molecule has 4 nitrogen and oxygen atoms in total. The average Bonchev–Trinajstić information content (AvgIpc) is 2.34. The Hall–Kier alpha value is -1.28. The van der Waals surface area contributed by atoms with E-state index in [1.165, 1.54) is 0 Å². The van der Waals surface area contributed by atoms with Crippen LogP contribution in [0.2, 0.25) is 0 Å². The van der Waals surface area contributed by atoms with E-state index in [2.05, 4.69) is 9.72 Å². The van der Waals surface area contributed by atoms with Crippen LogP contribution in [0.25, 0.3) is 0 Å². The van der Waals surface area contributed by atoms with Gasteiger partial charge in [-0.25, -0.2) is 4.98 Å². The van der Waals surface area contributed by atoms with Gasteiger partial charge in [0, 0.05) is 14.3 Å². The maximum Gasteiger partial charge on any atom is 0.488 e. The van der Waals surface area contributed by atoms with E-state index in [1.54, 1.807) is 0 Å². The molecule has 17 heavy (non-hydrogen) atoms. The molecule has 0 unspecified atom stereocenters. The predicted octanol–water partition coefficient (Wildman–Crippen LogP) is 0.567. The van der Waals surface area contributed by atoms with Gasteiger partial charge in [0.1, 0.15) is 5.69 Å². The molecule has 8 heteroatoms. The molecule has 0 fully saturated rings. The lowest BCUT2D eigenvalue weighted by Gasteiger charge is -2.13. The van der Waals surface area contributed by atoms with Crippen molar-refractivity contribution in [2.45, 2.75) is 26.0 Å². The summed E-state index contributed by atoms with van der Waals surface area (Å²) in [6.45, 7) is -7.13. The fourth-order valence-electron chi connectivity index (χ4n) is 0.977. The Morgan fingerprint density at radius 1 is 1.47 bits per heavy atom. The molecule has 94 valence electrons. The van der Waals surface area contributed by atoms with Crippen molar-refractivity contribution in [1.82, 2.24) is 4.98 Å². The summed E-state index contributed by atoms with van der Waals surface area (Å²) in [5, 5.41) is 18.0. The summed E-state index contributed by atoms with van der Waals surface area (Å²) in [6.07, 6.45) is -8.68. The zero-order valence-corrected chi connectivity index (χ0v) is 8.12. The molecule has 0 aliphatic heterocycles. The molecular weight excluding hydrogens is 238 g/mol. The Morgan fingerprint density at radius 3 is 2.59 bits per heavy atom. The molecule has 0 atom stereocenters. The third kappa shape index (κ3) is 3.90. The summed E-state index contributed by atoms with van der Waals surface area (Å²) in [4.78, 5) is 2.91. The van der Waals surface area contributed by atoms with Crippen molar-refractivity contribution in [3.05, 3.63) is 17.8 Å². The Morgan fingerprint density at radius 2 is 2.12 bits per heavy atom. The van der Waals surface area contributed by atoms with Crippen molar-refractivity contribution in [3.8, 4) is 5.88 Å². The summed E-state index contributed by atoms with van der Waals surface area (Å²) >= 11 is 0. The minimum absolute atomic E-state index is 0.258. The minimum atomic E-state index is -5.06. The number of halogens is 3. The Bertz CT molecular complexity index is 592. The Kier molecular flexibility index (Phi) is 1.91. The zero-order valence-electron chi connectivity index (χ0n) is 15.1. The van der Waals surface area contributed by atoms with Gasteiger partial charge in [0.25, 0.3) is 0 Å². The first-order valence-corrected chi connectivity index (χ1v) is 4.13. The number of hydrogen-bond donors (Lipinski definition) is 2. The molecule has 0 bridgehead atoms. The van der Waals surface area contributed by atoms with E-state index >= 15 is 0 Å². The quantitative estimate of drug-likeness (QED) is 0.776. The van der Waals surface area contributed by atoms with Gasteiger partial charge in [-0.1, -0.05) is 0 Å². The lowest BCUT2D eigenvalue weighted by molar-refractivity contribution is -0.141. The third-order valence-electron chi connectivity index (χ3n) is 1.62. The van der Waals surface area contributed by atoms with E-state index < -0.39 is 50.1 Å². The number of alkyl halides is 3. The number of nitrogens with zero attached hydrogens (tertiary/aromatic N) is 1. The first kappa shape index (κ1) is 6.60. The fraction of sp³-hybridized carbons (Fsp3) is 0.444. The van der Waals surface area contributed by atoms with Gasteiger partial charge in [-0.3, -0.25) is 0 Å². The zero-order chi connectivity index (χ0) is 19.1. The van der Waals surface area contributed by atoms with E-state index in [4.69, 9.17) is 19.6 Å². The summed E-state index contributed by atoms with van der Waals surface area (Å²) in [5.41, 5.74) is -2.45. The molecule has 0 amide bonds. The largest absolute Gasteiger partial charge is 0.488 e. The number of hydrogen-bond acceptors (Lipinski definition) is 4. The fourth-order valence-corrected chi connectivity index (χ4v) is 0.977. The summed E-state index contributed by atoms with van der Waals surface area (Å²) in [5.74, 6) is -1.20. The lowest BCUT2D eigenvalue weighted by Crippen LogP contribution is -2.32. The summed E-state index contributed by atoms with van der Waals surface area (Å²) in [7, 11) is -2.39. The maximum absolute atomic E-state index is 12.8. The molecule has 0 saturated heterocycles. The highest BCUT2D eigenvalue weighted by Crippen LogP contribution is 2.28. The van der Waals surface area contributed by atoms with Crippen LogP contribution < -0.4 is 10.2 Å². The van der Waals surface area contributed by atoms with Crippen molar-refractivity contribution < 1.29 is 37.6 Å². The summed E-state index contributed by atoms with van der Waals surface area (Å²) < 4.78 is 93.0. The van der Waals surface area contributed by atoms with Crippen LogP contribution in [0.4, 0.5) is 13.2 Å². The van der Waals surface area contributed by atoms with E-state index in [0.717, 1.165) is 0 Å². The molecule has 0 aromatic carbocycles. The first-order valence-electron chi connectivity index (χ1n) is 7.63. The molecule has 1 aromatic heterocycles. The van der Waals surface area contributed by atoms with E-state index in [1.807, 2.05) is 0 Å². The van der Waals surface area contributed by atoms with Gasteiger partial charge in [0.2, 0.25) is 5.88 Å². The van der Waals surface area contributed by atoms with Crippen LogP contribution in [-0.2, 0) is 6.18 Å². The highest BCUT2D eigenvalue weighted by atomic mass is 19.4. The molecule has 0 radical (unpaired) electrons. The van der Waals surface area contributed by atoms with E-state index in [-0.39, 0.29) is 6.07 Å². The van der Waals surface area contributed by atoms with Crippen LogP contribution in [0.5, 0.6) is 5.88 Å². The number of ether oxygens (including phenoxy) is 1. The first-order chi connectivity index (χ1) is 10.5. The van der Waals surface area contributed by atoms with Crippen LogP contribution in [0.3, 0.4) is 0 Å². The molecule has 0 aliphatic rings. The van der Waals surface area contributed by atoms with Crippen LogP contribution >= 0.6 is 0 Å². The van der Waals surface area contributed by atoms with Gasteiger partial charge >= 0.3 is 13.3 Å². The van der Waals surface area contributed by atoms with Crippen LogP contribution in [-0.4, -0.2) is 28.2 Å². The predicted molar refractivity (Wildman–Crippen MR) is 54.8 cm³/mol. The van der Waals surface area contributed by atoms with Gasteiger partial charge in [0.15, 0.2) is 0 Å². The van der Waals surface area contributed by atoms with Crippen LogP contribution in [0, 0.1) is 0 Å². The van der Waals surface area contributed by atoms with Crippen molar-refractivity contribution in [2.75, 3.05) is 0 Å². The van der Waals surface area contributed by atoms with Gasteiger partial charge < -0.3 is 14.8 Å². The SMILES string of the molecule is [2H]C([2H])([2H])C([2H])(Oc1cc(B(O)O)cc(C(F)(F)F)n1)C([2H])([2H])[2H]. The molecule has 2 N–H and O–H groups in total. The van der Waals surface area contributed by atoms with E-state index in [0.29, 0.717) is 6.07 Å². The topological polar surface area (TPSA) is 62.6 Å². The van der Waals surface area contributed by atoms with Gasteiger partial charge in [-0.05, 0) is 25.2 Å². The second kappa shape index (κ2) is 4.93. The van der Waals surface area contributed by atoms with Crippen LogP contribution in [0.1, 0.15) is 29.0 Å². The second-order valence-electron chi connectivity index (χ2n) is 2.93.